The van der Waals surface area contributed by atoms with Crippen LogP contribution in [0.25, 0.3) is 0 Å². The molecule has 0 radical (unpaired) electrons. The number of hydrogen-bond acceptors (Lipinski definition) is 4. The Labute approximate surface area is 89.0 Å². The van der Waals surface area contributed by atoms with Crippen LogP contribution < -0.4 is 10.5 Å². The Kier molecular flexibility index (Phi) is 3.97. The lowest BCUT2D eigenvalue weighted by Gasteiger charge is -2.01. The van der Waals surface area contributed by atoms with Gasteiger partial charge in [-0.25, -0.2) is 0 Å². The molecule has 0 aromatic heterocycles. The predicted octanol–water partition coefficient (Wildman–Crippen LogP) is 1.38. The summed E-state index contributed by atoms with van der Waals surface area (Å²) < 4.78 is 9.37. The van der Waals surface area contributed by atoms with E-state index in [4.69, 9.17) is 15.3 Å². The molecule has 0 amide bonds. The van der Waals surface area contributed by atoms with E-state index < -0.39 is 0 Å². The van der Waals surface area contributed by atoms with Crippen LogP contribution in [-0.2, 0) is 16.0 Å². The molecule has 4 nitrogen and oxygen atoms in total. The van der Waals surface area contributed by atoms with E-state index in [-0.39, 0.29) is 0 Å². The molecule has 1 unspecified atom stereocenters. The van der Waals surface area contributed by atoms with Gasteiger partial charge in [-0.2, -0.15) is 0 Å². The lowest BCUT2D eigenvalue weighted by atomic mass is 10.1. The van der Waals surface area contributed by atoms with Gasteiger partial charge in [0.25, 0.3) is 6.47 Å². The fourth-order valence-electron chi connectivity index (χ4n) is 1.44. The van der Waals surface area contributed by atoms with Crippen molar-refractivity contribution in [1.82, 2.24) is 0 Å². The third-order valence-electron chi connectivity index (χ3n) is 2.02. The van der Waals surface area contributed by atoms with Gasteiger partial charge in [-0.3, -0.25) is 4.79 Å². The molecule has 1 heterocycles. The predicted molar refractivity (Wildman–Crippen MR) is 57.7 cm³/mol. The number of carbonyl (C=O) groups is 1. The van der Waals surface area contributed by atoms with Crippen molar-refractivity contribution >= 4 is 12.2 Å². The fraction of sp³-hybridized carbons (Fsp3) is 0.364. The van der Waals surface area contributed by atoms with E-state index in [1.807, 2.05) is 18.2 Å². The molecule has 0 saturated heterocycles. The van der Waals surface area contributed by atoms with Crippen molar-refractivity contribution in [3.8, 4) is 5.75 Å². The molecule has 82 valence electrons. The summed E-state index contributed by atoms with van der Waals surface area (Å²) in [5.74, 6) is 0.992. The monoisotopic (exact) mass is 209 g/mol. The van der Waals surface area contributed by atoms with E-state index in [9.17, 15) is 0 Å². The van der Waals surface area contributed by atoms with Crippen LogP contribution in [0.5, 0.6) is 5.75 Å². The Morgan fingerprint density at radius 1 is 1.60 bits per heavy atom. The third kappa shape index (κ3) is 3.16. The van der Waals surface area contributed by atoms with Crippen LogP contribution in [0.2, 0.25) is 0 Å². The van der Waals surface area contributed by atoms with Crippen molar-refractivity contribution in [2.75, 3.05) is 12.8 Å². The minimum atomic E-state index is 0.312. The maximum atomic E-state index is 8.95. The van der Waals surface area contributed by atoms with Gasteiger partial charge in [0.15, 0.2) is 0 Å². The molecular formula is C11H15NO3. The second-order valence-electron chi connectivity index (χ2n) is 3.33. The molecule has 2 rings (SSSR count). The number of fused-ring (bicyclic) bond motifs is 1. The summed E-state index contributed by atoms with van der Waals surface area (Å²) in [5.41, 5.74) is 7.68. The fourth-order valence-corrected chi connectivity index (χ4v) is 1.44. The first-order valence-electron chi connectivity index (χ1n) is 4.69. The van der Waals surface area contributed by atoms with Crippen molar-refractivity contribution in [2.45, 2.75) is 19.4 Å². The van der Waals surface area contributed by atoms with Gasteiger partial charge in [-0.15, -0.1) is 0 Å². The molecular weight excluding hydrogens is 194 g/mol. The highest BCUT2D eigenvalue weighted by Crippen LogP contribution is 2.29. The summed E-state index contributed by atoms with van der Waals surface area (Å²) in [7, 11) is 1.31. The zero-order valence-corrected chi connectivity index (χ0v) is 8.90. The smallest absolute Gasteiger partial charge is 0.292 e. The number of ether oxygens (including phenoxy) is 2. The van der Waals surface area contributed by atoms with Crippen LogP contribution in [-0.4, -0.2) is 19.7 Å². The van der Waals surface area contributed by atoms with Crippen molar-refractivity contribution in [1.29, 1.82) is 0 Å². The second kappa shape index (κ2) is 5.24. The number of rotatable bonds is 1. The zero-order chi connectivity index (χ0) is 11.3. The van der Waals surface area contributed by atoms with Crippen molar-refractivity contribution in [2.24, 2.45) is 0 Å². The lowest BCUT2D eigenvalue weighted by molar-refractivity contribution is -0.126. The summed E-state index contributed by atoms with van der Waals surface area (Å²) in [6.07, 6.45) is 1.30. The molecule has 0 spiro atoms. The molecule has 0 fully saturated rings. The van der Waals surface area contributed by atoms with Crippen molar-refractivity contribution in [3.05, 3.63) is 23.8 Å². The minimum Gasteiger partial charge on any atom is -0.490 e. The summed E-state index contributed by atoms with van der Waals surface area (Å²) in [4.78, 5) is 8.95. The van der Waals surface area contributed by atoms with E-state index in [0.29, 0.717) is 12.6 Å². The van der Waals surface area contributed by atoms with Gasteiger partial charge in [-0.05, 0) is 30.7 Å². The van der Waals surface area contributed by atoms with E-state index >= 15 is 0 Å². The zero-order valence-electron chi connectivity index (χ0n) is 8.90. The van der Waals surface area contributed by atoms with Gasteiger partial charge in [0.05, 0.1) is 7.11 Å². The first-order chi connectivity index (χ1) is 7.17. The Morgan fingerprint density at radius 2 is 2.27 bits per heavy atom. The summed E-state index contributed by atoms with van der Waals surface area (Å²) in [6.45, 7) is 2.44. The lowest BCUT2D eigenvalue weighted by Crippen LogP contribution is -2.05. The molecule has 1 aliphatic rings. The number of nitrogen functional groups attached to an aromatic ring is 1. The second-order valence-corrected chi connectivity index (χ2v) is 3.33. The SMILES string of the molecule is CC1Cc2cc(N)ccc2O1.COC=O. The van der Waals surface area contributed by atoms with Crippen molar-refractivity contribution < 1.29 is 14.3 Å². The van der Waals surface area contributed by atoms with Crippen molar-refractivity contribution in [3.63, 3.8) is 0 Å². The summed E-state index contributed by atoms with van der Waals surface area (Å²) in [5, 5.41) is 0. The highest BCUT2D eigenvalue weighted by atomic mass is 16.5. The summed E-state index contributed by atoms with van der Waals surface area (Å²) >= 11 is 0. The number of hydrogen-bond donors (Lipinski definition) is 1. The topological polar surface area (TPSA) is 61.6 Å². The Balaban J connectivity index is 0.000000245. The average molecular weight is 209 g/mol. The normalized spacial score (nSPS) is 16.8. The molecule has 0 aliphatic carbocycles. The molecule has 2 N–H and O–H groups in total. The standard InChI is InChI=1S/C9H11NO.C2H4O2/c1-6-4-7-5-8(10)2-3-9(7)11-6;1-4-2-3/h2-3,5-6H,4,10H2,1H3;2H,1H3. The van der Waals surface area contributed by atoms with Crippen LogP contribution in [0.1, 0.15) is 12.5 Å². The Hall–Kier alpha value is -1.71. The van der Waals surface area contributed by atoms with Crippen LogP contribution in [0.15, 0.2) is 18.2 Å². The summed E-state index contributed by atoms with van der Waals surface area (Å²) in [6, 6.07) is 5.80. The number of anilines is 1. The average Bonchev–Trinajstić information content (AvgIpc) is 2.58. The van der Waals surface area contributed by atoms with Gasteiger partial charge in [0, 0.05) is 12.1 Å². The molecule has 1 atom stereocenters. The van der Waals surface area contributed by atoms with Crippen LogP contribution in [0.3, 0.4) is 0 Å². The van der Waals surface area contributed by atoms with E-state index in [0.717, 1.165) is 17.9 Å². The van der Waals surface area contributed by atoms with E-state index in [2.05, 4.69) is 11.7 Å². The molecule has 1 aromatic carbocycles. The number of methoxy groups -OCH3 is 1. The number of carbonyl (C=O) groups excluding carboxylic acids is 1. The number of nitrogens with two attached hydrogens (primary N) is 1. The molecule has 1 aliphatic heterocycles. The Bertz CT molecular complexity index is 339. The van der Waals surface area contributed by atoms with Gasteiger partial charge in [0.2, 0.25) is 0 Å². The minimum absolute atomic E-state index is 0.312. The number of benzene rings is 1. The molecule has 0 saturated carbocycles. The molecule has 4 heteroatoms. The van der Waals surface area contributed by atoms with Crippen LogP contribution >= 0.6 is 0 Å². The third-order valence-corrected chi connectivity index (χ3v) is 2.02. The maximum absolute atomic E-state index is 8.95. The highest BCUT2D eigenvalue weighted by molar-refractivity contribution is 5.49. The maximum Gasteiger partial charge on any atom is 0.292 e. The Morgan fingerprint density at radius 3 is 2.87 bits per heavy atom. The quantitative estimate of drug-likeness (QED) is 0.560. The largest absolute Gasteiger partial charge is 0.490 e. The van der Waals surface area contributed by atoms with Gasteiger partial charge in [0.1, 0.15) is 11.9 Å². The highest BCUT2D eigenvalue weighted by Gasteiger charge is 2.17. The molecule has 15 heavy (non-hydrogen) atoms. The van der Waals surface area contributed by atoms with E-state index in [1.54, 1.807) is 0 Å². The van der Waals surface area contributed by atoms with Crippen LogP contribution in [0, 0.1) is 0 Å². The molecule has 0 bridgehead atoms. The van der Waals surface area contributed by atoms with Gasteiger partial charge >= 0.3 is 0 Å². The van der Waals surface area contributed by atoms with Gasteiger partial charge in [-0.1, -0.05) is 0 Å². The molecule has 1 aromatic rings. The van der Waals surface area contributed by atoms with E-state index in [1.165, 1.54) is 12.7 Å². The van der Waals surface area contributed by atoms with Crippen LogP contribution in [0.4, 0.5) is 5.69 Å². The first kappa shape index (κ1) is 11.4. The van der Waals surface area contributed by atoms with Gasteiger partial charge < -0.3 is 15.2 Å². The first-order valence-corrected chi connectivity index (χ1v) is 4.69.